The number of hydrogen-bond donors (Lipinski definition) is 4. The van der Waals surface area contributed by atoms with E-state index in [-0.39, 0.29) is 48.9 Å². The molecule has 5 atom stereocenters. The second-order valence-corrected chi connectivity index (χ2v) is 12.7. The zero-order valence-electron chi connectivity index (χ0n) is 25.5. The SMILES string of the molecule is CCNC(=O)C(=O)CC[C@H](NC(=O)c1nccn1C)C(=O)Nc1cccn(CC(=O)NC23CC4CC(C2)C(CC)(C4)C3)c1=O. The monoisotopic (exact) mass is 607 g/mol. The molecule has 236 valence electrons. The van der Waals surface area contributed by atoms with Gasteiger partial charge in [0.1, 0.15) is 18.3 Å². The fraction of sp³-hybridized carbons (Fsp3) is 0.581. The van der Waals surface area contributed by atoms with Crippen molar-refractivity contribution in [3.05, 3.63) is 46.9 Å². The highest BCUT2D eigenvalue weighted by molar-refractivity contribution is 6.36. The first-order valence-corrected chi connectivity index (χ1v) is 15.4. The van der Waals surface area contributed by atoms with Gasteiger partial charge >= 0.3 is 0 Å². The maximum Gasteiger partial charge on any atom is 0.287 e. The van der Waals surface area contributed by atoms with Gasteiger partial charge in [0.2, 0.25) is 17.6 Å². The number of aryl methyl sites for hydroxylation is 1. The fourth-order valence-corrected chi connectivity index (χ4v) is 7.97. The Kier molecular flexibility index (Phi) is 8.76. The predicted octanol–water partition coefficient (Wildman–Crippen LogP) is 1.28. The van der Waals surface area contributed by atoms with Gasteiger partial charge in [-0.1, -0.05) is 13.3 Å². The summed E-state index contributed by atoms with van der Waals surface area (Å²) in [5.74, 6) is -1.85. The molecule has 4 aliphatic carbocycles. The Morgan fingerprint density at radius 2 is 1.91 bits per heavy atom. The van der Waals surface area contributed by atoms with Crippen molar-refractivity contribution in [2.45, 2.75) is 83.3 Å². The molecule has 4 unspecified atom stereocenters. The number of anilines is 1. The lowest BCUT2D eigenvalue weighted by Gasteiger charge is -2.41. The molecule has 44 heavy (non-hydrogen) atoms. The number of likely N-dealkylation sites (N-methyl/N-ethyl adjacent to an activating group) is 1. The molecule has 4 N–H and O–H groups in total. The van der Waals surface area contributed by atoms with E-state index in [1.807, 2.05) is 0 Å². The number of ketones is 1. The highest BCUT2D eigenvalue weighted by Crippen LogP contribution is 2.68. The summed E-state index contributed by atoms with van der Waals surface area (Å²) in [5.41, 5.74) is -0.552. The lowest BCUT2D eigenvalue weighted by Crippen LogP contribution is -2.52. The van der Waals surface area contributed by atoms with Crippen molar-refractivity contribution in [3.63, 3.8) is 0 Å². The van der Waals surface area contributed by atoms with Crippen LogP contribution in [0.15, 0.2) is 35.5 Å². The second kappa shape index (κ2) is 12.4. The molecule has 4 amide bonds. The number of carbonyl (C=O) groups is 5. The average molecular weight is 608 g/mol. The molecule has 13 heteroatoms. The zero-order chi connectivity index (χ0) is 31.6. The molecular weight excluding hydrogens is 566 g/mol. The van der Waals surface area contributed by atoms with E-state index in [2.05, 4.69) is 33.2 Å². The normalized spacial score (nSPS) is 25.3. The van der Waals surface area contributed by atoms with Crippen LogP contribution in [0.4, 0.5) is 5.69 Å². The molecule has 4 aliphatic rings. The Morgan fingerprint density at radius 3 is 2.59 bits per heavy atom. The number of amides is 4. The summed E-state index contributed by atoms with van der Waals surface area (Å²) in [6, 6.07) is 1.70. The van der Waals surface area contributed by atoms with Crippen LogP contribution in [0, 0.1) is 17.3 Å². The van der Waals surface area contributed by atoms with E-state index in [9.17, 15) is 28.8 Å². The molecule has 13 nitrogen and oxygen atoms in total. The van der Waals surface area contributed by atoms with Crippen molar-refractivity contribution in [1.29, 1.82) is 0 Å². The molecule has 0 spiro atoms. The number of aromatic nitrogens is 3. The van der Waals surface area contributed by atoms with E-state index >= 15 is 0 Å². The smallest absolute Gasteiger partial charge is 0.287 e. The van der Waals surface area contributed by atoms with Gasteiger partial charge in [0.25, 0.3) is 17.4 Å². The van der Waals surface area contributed by atoms with Gasteiger partial charge in [-0.05, 0) is 74.8 Å². The van der Waals surface area contributed by atoms with Crippen molar-refractivity contribution in [2.75, 3.05) is 11.9 Å². The lowest BCUT2D eigenvalue weighted by molar-refractivity contribution is -0.138. The molecule has 2 heterocycles. The summed E-state index contributed by atoms with van der Waals surface area (Å²) in [7, 11) is 1.61. The maximum absolute atomic E-state index is 13.3. The molecule has 0 aliphatic heterocycles. The van der Waals surface area contributed by atoms with Crippen LogP contribution in [0.25, 0.3) is 0 Å². The Labute approximate surface area is 255 Å². The molecule has 4 fully saturated rings. The van der Waals surface area contributed by atoms with Gasteiger partial charge in [0, 0.05) is 44.1 Å². The maximum atomic E-state index is 13.3. The molecule has 6 rings (SSSR count). The third-order valence-corrected chi connectivity index (χ3v) is 9.78. The van der Waals surface area contributed by atoms with Crippen molar-refractivity contribution in [3.8, 4) is 0 Å². The van der Waals surface area contributed by atoms with Crippen molar-refractivity contribution in [2.24, 2.45) is 24.3 Å². The highest BCUT2D eigenvalue weighted by Gasteiger charge is 2.63. The number of nitrogens with one attached hydrogen (secondary N) is 4. The molecule has 4 bridgehead atoms. The summed E-state index contributed by atoms with van der Waals surface area (Å²) >= 11 is 0. The van der Waals surface area contributed by atoms with E-state index < -0.39 is 35.1 Å². The number of pyridine rings is 1. The van der Waals surface area contributed by atoms with E-state index in [1.54, 1.807) is 26.2 Å². The second-order valence-electron chi connectivity index (χ2n) is 12.7. The summed E-state index contributed by atoms with van der Waals surface area (Å²) in [4.78, 5) is 80.9. The number of imidazole rings is 1. The fourth-order valence-electron chi connectivity index (χ4n) is 7.97. The molecular formula is C31H41N7O6. The Hall–Kier alpha value is -4.29. The molecule has 0 aromatic carbocycles. The van der Waals surface area contributed by atoms with Crippen molar-refractivity contribution in [1.82, 2.24) is 30.1 Å². The number of carbonyl (C=O) groups excluding carboxylic acids is 5. The third kappa shape index (κ3) is 6.18. The van der Waals surface area contributed by atoms with Crippen LogP contribution in [0.5, 0.6) is 0 Å². The zero-order valence-corrected chi connectivity index (χ0v) is 25.5. The van der Waals surface area contributed by atoms with Crippen molar-refractivity contribution < 1.29 is 24.0 Å². The quantitative estimate of drug-likeness (QED) is 0.248. The number of nitrogens with zero attached hydrogens (tertiary/aromatic N) is 3. The first-order chi connectivity index (χ1) is 21.0. The minimum atomic E-state index is -1.26. The first-order valence-electron chi connectivity index (χ1n) is 15.4. The van der Waals surface area contributed by atoms with Crippen LogP contribution >= 0.6 is 0 Å². The van der Waals surface area contributed by atoms with Gasteiger partial charge in [0.05, 0.1) is 0 Å². The first kappa shape index (κ1) is 31.1. The Bertz CT molecular complexity index is 1530. The Morgan fingerprint density at radius 1 is 1.11 bits per heavy atom. The summed E-state index contributed by atoms with van der Waals surface area (Å²) < 4.78 is 2.71. The van der Waals surface area contributed by atoms with Gasteiger partial charge in [-0.25, -0.2) is 4.98 Å². The summed E-state index contributed by atoms with van der Waals surface area (Å²) in [6.07, 6.45) is 10.5. The molecule has 2 aromatic heterocycles. The standard InChI is InChI=1S/C31H41N7O6/c1-4-30-14-19-13-20(30)16-31(15-19,18-30)36-24(40)17-38-11-6-7-22(29(38)44)35-26(41)21(8-9-23(39)27(42)32-5-2)34-28(43)25-33-10-12-37(25)3/h6-7,10-12,19-21H,4-5,8-9,13-18H2,1-3H3,(H,32,42)(H,34,43)(H,35,41)(H,36,40)/t19?,20?,21-,30?,31?/m0/s1. The van der Waals surface area contributed by atoms with Crippen LogP contribution in [0.1, 0.15) is 75.8 Å². The predicted molar refractivity (Wildman–Crippen MR) is 160 cm³/mol. The average Bonchev–Trinajstić information content (AvgIpc) is 3.58. The highest BCUT2D eigenvalue weighted by atomic mass is 16.2. The number of Topliss-reactive ketones (excluding diaryl/α,β-unsaturated/α-hetero) is 1. The van der Waals surface area contributed by atoms with Gasteiger partial charge in [-0.3, -0.25) is 28.8 Å². The van der Waals surface area contributed by atoms with Crippen LogP contribution in [0.3, 0.4) is 0 Å². The summed E-state index contributed by atoms with van der Waals surface area (Å²) in [5, 5.41) is 10.8. The van der Waals surface area contributed by atoms with Gasteiger partial charge in [-0.2, -0.15) is 0 Å². The molecule has 4 saturated carbocycles. The largest absolute Gasteiger partial charge is 0.350 e. The van der Waals surface area contributed by atoms with E-state index in [4.69, 9.17) is 0 Å². The minimum absolute atomic E-state index is 0.0408. The van der Waals surface area contributed by atoms with E-state index in [0.29, 0.717) is 17.3 Å². The third-order valence-electron chi connectivity index (χ3n) is 9.78. The summed E-state index contributed by atoms with van der Waals surface area (Å²) in [6.45, 7) is 3.99. The number of rotatable bonds is 13. The molecule has 0 radical (unpaired) electrons. The van der Waals surface area contributed by atoms with E-state index in [0.717, 1.165) is 25.7 Å². The lowest BCUT2D eigenvalue weighted by atomic mass is 9.71. The van der Waals surface area contributed by atoms with Crippen LogP contribution in [-0.4, -0.2) is 61.7 Å². The van der Waals surface area contributed by atoms with Crippen LogP contribution in [-0.2, 0) is 32.8 Å². The van der Waals surface area contributed by atoms with Crippen LogP contribution in [0.2, 0.25) is 0 Å². The van der Waals surface area contributed by atoms with Crippen molar-refractivity contribution >= 4 is 35.1 Å². The topological polar surface area (TPSA) is 173 Å². The van der Waals surface area contributed by atoms with Crippen LogP contribution < -0.4 is 26.8 Å². The van der Waals surface area contributed by atoms with Gasteiger partial charge in [0.15, 0.2) is 5.82 Å². The minimum Gasteiger partial charge on any atom is -0.350 e. The number of hydrogen-bond acceptors (Lipinski definition) is 7. The Balaban J connectivity index is 1.26. The molecule has 0 saturated heterocycles. The molecule has 2 aromatic rings. The van der Waals surface area contributed by atoms with Gasteiger partial charge in [-0.15, -0.1) is 0 Å². The van der Waals surface area contributed by atoms with Gasteiger partial charge < -0.3 is 30.4 Å². The van der Waals surface area contributed by atoms with E-state index in [1.165, 1.54) is 40.4 Å².